The standard InChI is InChI=1S/C9H18N2O/c1-2-11-5-3-9-8(7-11)10-4-6-12-9/h8-10H,2-7H2,1H3/t8-,9+/m1/s1. The van der Waals surface area contributed by atoms with Gasteiger partial charge in [-0.3, -0.25) is 0 Å². The van der Waals surface area contributed by atoms with Crippen LogP contribution in [0.5, 0.6) is 0 Å². The molecule has 0 aromatic heterocycles. The van der Waals surface area contributed by atoms with Crippen LogP contribution < -0.4 is 5.32 Å². The highest BCUT2D eigenvalue weighted by molar-refractivity contribution is 4.88. The number of fused-ring (bicyclic) bond motifs is 1. The summed E-state index contributed by atoms with van der Waals surface area (Å²) >= 11 is 0. The molecule has 0 bridgehead atoms. The Morgan fingerprint density at radius 2 is 2.50 bits per heavy atom. The third-order valence-electron chi connectivity index (χ3n) is 2.92. The van der Waals surface area contributed by atoms with Crippen molar-refractivity contribution >= 4 is 0 Å². The van der Waals surface area contributed by atoms with Gasteiger partial charge in [0.25, 0.3) is 0 Å². The lowest BCUT2D eigenvalue weighted by Gasteiger charge is -2.41. The van der Waals surface area contributed by atoms with E-state index in [4.69, 9.17) is 4.74 Å². The van der Waals surface area contributed by atoms with Crippen molar-refractivity contribution in [2.75, 3.05) is 32.8 Å². The maximum atomic E-state index is 5.69. The van der Waals surface area contributed by atoms with E-state index < -0.39 is 0 Å². The van der Waals surface area contributed by atoms with E-state index in [1.807, 2.05) is 0 Å². The zero-order valence-electron chi connectivity index (χ0n) is 7.75. The maximum absolute atomic E-state index is 5.69. The van der Waals surface area contributed by atoms with Crippen LogP contribution in [0.2, 0.25) is 0 Å². The van der Waals surface area contributed by atoms with Crippen molar-refractivity contribution in [2.45, 2.75) is 25.5 Å². The second-order valence-electron chi connectivity index (χ2n) is 3.65. The Morgan fingerprint density at radius 1 is 1.58 bits per heavy atom. The van der Waals surface area contributed by atoms with Crippen LogP contribution in [0.25, 0.3) is 0 Å². The summed E-state index contributed by atoms with van der Waals surface area (Å²) in [5.41, 5.74) is 0. The zero-order valence-corrected chi connectivity index (χ0v) is 7.75. The molecule has 2 aliphatic rings. The van der Waals surface area contributed by atoms with Gasteiger partial charge >= 0.3 is 0 Å². The summed E-state index contributed by atoms with van der Waals surface area (Å²) in [7, 11) is 0. The number of likely N-dealkylation sites (N-methyl/N-ethyl adjacent to an activating group) is 1. The molecule has 2 rings (SSSR count). The van der Waals surface area contributed by atoms with Crippen LogP contribution in [-0.2, 0) is 4.74 Å². The molecule has 0 spiro atoms. The number of rotatable bonds is 1. The van der Waals surface area contributed by atoms with Gasteiger partial charge in [0.15, 0.2) is 0 Å². The minimum Gasteiger partial charge on any atom is -0.375 e. The van der Waals surface area contributed by atoms with E-state index in [1.54, 1.807) is 0 Å². The second-order valence-corrected chi connectivity index (χ2v) is 3.65. The Bertz CT molecular complexity index is 151. The molecule has 0 unspecified atom stereocenters. The Hall–Kier alpha value is -0.120. The van der Waals surface area contributed by atoms with Gasteiger partial charge in [0, 0.05) is 25.7 Å². The van der Waals surface area contributed by atoms with E-state index in [1.165, 1.54) is 26.1 Å². The first-order valence-corrected chi connectivity index (χ1v) is 4.97. The Labute approximate surface area is 74.1 Å². The molecule has 2 aliphatic heterocycles. The van der Waals surface area contributed by atoms with Crippen LogP contribution in [0.15, 0.2) is 0 Å². The van der Waals surface area contributed by atoms with Crippen molar-refractivity contribution in [2.24, 2.45) is 0 Å². The Morgan fingerprint density at radius 3 is 3.33 bits per heavy atom. The minimum atomic E-state index is 0.488. The van der Waals surface area contributed by atoms with Crippen molar-refractivity contribution in [3.05, 3.63) is 0 Å². The summed E-state index contributed by atoms with van der Waals surface area (Å²) in [6.07, 6.45) is 1.69. The van der Waals surface area contributed by atoms with E-state index in [0.29, 0.717) is 12.1 Å². The second kappa shape index (κ2) is 3.73. The van der Waals surface area contributed by atoms with Crippen LogP contribution in [0, 0.1) is 0 Å². The fourth-order valence-electron chi connectivity index (χ4n) is 2.14. The molecule has 2 atom stereocenters. The predicted molar refractivity (Wildman–Crippen MR) is 48.3 cm³/mol. The highest BCUT2D eigenvalue weighted by atomic mass is 16.5. The smallest absolute Gasteiger partial charge is 0.0753 e. The van der Waals surface area contributed by atoms with Gasteiger partial charge in [0.1, 0.15) is 0 Å². The summed E-state index contributed by atoms with van der Waals surface area (Å²) in [5.74, 6) is 0. The molecule has 0 amide bonds. The van der Waals surface area contributed by atoms with Gasteiger partial charge in [-0.05, 0) is 13.0 Å². The molecule has 3 heteroatoms. The average molecular weight is 170 g/mol. The van der Waals surface area contributed by atoms with Gasteiger partial charge in [-0.15, -0.1) is 0 Å². The zero-order chi connectivity index (χ0) is 8.39. The van der Waals surface area contributed by atoms with E-state index in [0.717, 1.165) is 13.2 Å². The first-order chi connectivity index (χ1) is 5.90. The molecule has 2 fully saturated rings. The highest BCUT2D eigenvalue weighted by Gasteiger charge is 2.30. The largest absolute Gasteiger partial charge is 0.375 e. The number of piperidine rings is 1. The van der Waals surface area contributed by atoms with Crippen LogP contribution in [0.3, 0.4) is 0 Å². The third kappa shape index (κ3) is 1.63. The molecule has 12 heavy (non-hydrogen) atoms. The lowest BCUT2D eigenvalue weighted by molar-refractivity contribution is -0.0420. The van der Waals surface area contributed by atoms with Gasteiger partial charge in [-0.2, -0.15) is 0 Å². The number of ether oxygens (including phenoxy) is 1. The van der Waals surface area contributed by atoms with Crippen LogP contribution >= 0.6 is 0 Å². The molecular weight excluding hydrogens is 152 g/mol. The number of hydrogen-bond donors (Lipinski definition) is 1. The molecule has 0 aromatic carbocycles. The molecular formula is C9H18N2O. The van der Waals surface area contributed by atoms with Gasteiger partial charge in [0.2, 0.25) is 0 Å². The van der Waals surface area contributed by atoms with Gasteiger partial charge in [0.05, 0.1) is 12.7 Å². The fourth-order valence-corrected chi connectivity index (χ4v) is 2.14. The molecule has 70 valence electrons. The molecule has 1 N–H and O–H groups in total. The minimum absolute atomic E-state index is 0.488. The van der Waals surface area contributed by atoms with Crippen molar-refractivity contribution in [1.29, 1.82) is 0 Å². The van der Waals surface area contributed by atoms with E-state index in [-0.39, 0.29) is 0 Å². The normalized spacial score (nSPS) is 37.8. The topological polar surface area (TPSA) is 24.5 Å². The van der Waals surface area contributed by atoms with Crippen LogP contribution in [0.1, 0.15) is 13.3 Å². The summed E-state index contributed by atoms with van der Waals surface area (Å²) in [4.78, 5) is 2.49. The average Bonchev–Trinajstić information content (AvgIpc) is 2.17. The number of hydrogen-bond acceptors (Lipinski definition) is 3. The first kappa shape index (κ1) is 8.48. The summed E-state index contributed by atoms with van der Waals surface area (Å²) in [5, 5.41) is 3.52. The lowest BCUT2D eigenvalue weighted by Crippen LogP contribution is -2.58. The molecule has 3 nitrogen and oxygen atoms in total. The highest BCUT2D eigenvalue weighted by Crippen LogP contribution is 2.16. The van der Waals surface area contributed by atoms with E-state index in [2.05, 4.69) is 17.1 Å². The SMILES string of the molecule is CCN1CC[C@@H]2OCCN[C@@H]2C1. The molecule has 2 saturated heterocycles. The quantitative estimate of drug-likeness (QED) is 0.602. The van der Waals surface area contributed by atoms with Crippen molar-refractivity contribution < 1.29 is 4.74 Å². The lowest BCUT2D eigenvalue weighted by atomic mass is 10.0. The molecule has 0 aliphatic carbocycles. The summed E-state index contributed by atoms with van der Waals surface area (Å²) in [6.45, 7) is 7.70. The number of nitrogens with one attached hydrogen (secondary N) is 1. The maximum Gasteiger partial charge on any atom is 0.0753 e. The summed E-state index contributed by atoms with van der Waals surface area (Å²) < 4.78 is 5.69. The number of morpholine rings is 1. The van der Waals surface area contributed by atoms with Gasteiger partial charge in [-0.1, -0.05) is 6.92 Å². The van der Waals surface area contributed by atoms with Gasteiger partial charge in [-0.25, -0.2) is 0 Å². The first-order valence-electron chi connectivity index (χ1n) is 4.97. The number of likely N-dealkylation sites (tertiary alicyclic amines) is 1. The van der Waals surface area contributed by atoms with E-state index in [9.17, 15) is 0 Å². The fraction of sp³-hybridized carbons (Fsp3) is 1.00. The Balaban J connectivity index is 1.90. The molecule has 0 saturated carbocycles. The van der Waals surface area contributed by atoms with Crippen LogP contribution in [0.4, 0.5) is 0 Å². The van der Waals surface area contributed by atoms with Gasteiger partial charge < -0.3 is 15.0 Å². The molecule has 2 heterocycles. The third-order valence-corrected chi connectivity index (χ3v) is 2.92. The number of nitrogens with zero attached hydrogens (tertiary/aromatic N) is 1. The summed E-state index contributed by atoms with van der Waals surface area (Å²) in [6, 6.07) is 0.590. The molecule has 0 radical (unpaired) electrons. The monoisotopic (exact) mass is 170 g/mol. The van der Waals surface area contributed by atoms with E-state index >= 15 is 0 Å². The van der Waals surface area contributed by atoms with Crippen LogP contribution in [-0.4, -0.2) is 49.8 Å². The Kier molecular flexibility index (Phi) is 2.63. The van der Waals surface area contributed by atoms with Crippen molar-refractivity contribution in [3.8, 4) is 0 Å². The van der Waals surface area contributed by atoms with Crippen molar-refractivity contribution in [1.82, 2.24) is 10.2 Å². The molecule has 0 aromatic rings. The predicted octanol–water partition coefficient (Wildman–Crippen LogP) is 0.0690. The van der Waals surface area contributed by atoms with Crippen molar-refractivity contribution in [3.63, 3.8) is 0 Å².